The highest BCUT2D eigenvalue weighted by atomic mass is 16.5. The Kier molecular flexibility index (Phi) is 6.41. The first-order chi connectivity index (χ1) is 8.51. The molecule has 0 radical (unpaired) electrons. The lowest BCUT2D eigenvalue weighted by molar-refractivity contribution is -0.148. The molecule has 1 aliphatic rings. The van der Waals surface area contributed by atoms with E-state index in [-0.39, 0.29) is 17.5 Å². The largest absolute Gasteiger partial charge is 0.465 e. The van der Waals surface area contributed by atoms with Gasteiger partial charge in [0.1, 0.15) is 0 Å². The summed E-state index contributed by atoms with van der Waals surface area (Å²) in [6.45, 7) is 7.43. The molecule has 104 valence electrons. The SMILES string of the molecule is CC1CCCC(C)(C)OCC/C=C/CCOC1=O. The molecule has 0 N–H and O–H groups in total. The van der Waals surface area contributed by atoms with Crippen molar-refractivity contribution in [1.29, 1.82) is 0 Å². The predicted molar refractivity (Wildman–Crippen MR) is 72.4 cm³/mol. The van der Waals surface area contributed by atoms with Crippen molar-refractivity contribution < 1.29 is 14.3 Å². The molecule has 1 unspecified atom stereocenters. The normalized spacial score (nSPS) is 29.1. The fourth-order valence-electron chi connectivity index (χ4n) is 2.03. The standard InChI is InChI=1S/C15H26O3/c1-13-9-8-10-15(2,3)18-12-7-5-4-6-11-17-14(13)16/h4-5,13H,6-12H2,1-3H3/b5-4+. The summed E-state index contributed by atoms with van der Waals surface area (Å²) in [5, 5.41) is 0. The van der Waals surface area contributed by atoms with E-state index in [1.807, 2.05) is 6.92 Å². The second kappa shape index (κ2) is 7.57. The van der Waals surface area contributed by atoms with Gasteiger partial charge in [-0.2, -0.15) is 0 Å². The monoisotopic (exact) mass is 254 g/mol. The second-order valence-corrected chi connectivity index (χ2v) is 5.62. The first kappa shape index (κ1) is 15.2. The van der Waals surface area contributed by atoms with Crippen molar-refractivity contribution in [3.63, 3.8) is 0 Å². The van der Waals surface area contributed by atoms with Gasteiger partial charge in [0.2, 0.25) is 0 Å². The van der Waals surface area contributed by atoms with Crippen LogP contribution in [-0.4, -0.2) is 24.8 Å². The van der Waals surface area contributed by atoms with Crippen molar-refractivity contribution in [1.82, 2.24) is 0 Å². The number of cyclic esters (lactones) is 1. The minimum Gasteiger partial charge on any atom is -0.465 e. The summed E-state index contributed by atoms with van der Waals surface area (Å²) in [6.07, 6.45) is 8.73. The third-order valence-corrected chi connectivity index (χ3v) is 3.29. The van der Waals surface area contributed by atoms with Crippen LogP contribution >= 0.6 is 0 Å². The van der Waals surface area contributed by atoms with Crippen molar-refractivity contribution in [2.24, 2.45) is 5.92 Å². The van der Waals surface area contributed by atoms with Gasteiger partial charge in [-0.05, 0) is 46.0 Å². The molecule has 0 aromatic carbocycles. The van der Waals surface area contributed by atoms with Crippen LogP contribution in [0.1, 0.15) is 52.9 Å². The summed E-state index contributed by atoms with van der Waals surface area (Å²) >= 11 is 0. The van der Waals surface area contributed by atoms with Gasteiger partial charge in [-0.1, -0.05) is 19.1 Å². The molecule has 1 rings (SSSR count). The first-order valence-corrected chi connectivity index (χ1v) is 6.97. The lowest BCUT2D eigenvalue weighted by atomic mass is 9.96. The van der Waals surface area contributed by atoms with Gasteiger partial charge in [0, 0.05) is 0 Å². The molecule has 0 spiro atoms. The van der Waals surface area contributed by atoms with Crippen molar-refractivity contribution in [2.45, 2.75) is 58.5 Å². The third-order valence-electron chi connectivity index (χ3n) is 3.29. The molecule has 0 saturated carbocycles. The number of hydrogen-bond acceptors (Lipinski definition) is 3. The first-order valence-electron chi connectivity index (χ1n) is 6.97. The van der Waals surface area contributed by atoms with Crippen LogP contribution in [0.15, 0.2) is 12.2 Å². The van der Waals surface area contributed by atoms with E-state index in [0.29, 0.717) is 6.61 Å². The Hall–Kier alpha value is -0.830. The molecule has 0 aliphatic carbocycles. The molecular weight excluding hydrogens is 228 g/mol. The van der Waals surface area contributed by atoms with Crippen LogP contribution in [0.2, 0.25) is 0 Å². The Labute approximate surface area is 111 Å². The molecule has 0 amide bonds. The zero-order valence-electron chi connectivity index (χ0n) is 11.9. The summed E-state index contributed by atoms with van der Waals surface area (Å²) < 4.78 is 11.1. The molecule has 0 aromatic rings. The van der Waals surface area contributed by atoms with Crippen LogP contribution in [0.4, 0.5) is 0 Å². The van der Waals surface area contributed by atoms with Crippen molar-refractivity contribution >= 4 is 5.97 Å². The molecular formula is C15H26O3. The quantitative estimate of drug-likeness (QED) is 0.490. The van der Waals surface area contributed by atoms with Gasteiger partial charge in [0.25, 0.3) is 0 Å². The van der Waals surface area contributed by atoms with E-state index in [9.17, 15) is 4.79 Å². The molecule has 1 atom stereocenters. The van der Waals surface area contributed by atoms with Gasteiger partial charge in [0.15, 0.2) is 0 Å². The van der Waals surface area contributed by atoms with Gasteiger partial charge in [-0.3, -0.25) is 4.79 Å². The molecule has 0 fully saturated rings. The van der Waals surface area contributed by atoms with Gasteiger partial charge in [0.05, 0.1) is 24.7 Å². The minimum absolute atomic E-state index is 0.00674. The number of hydrogen-bond donors (Lipinski definition) is 0. The molecule has 0 saturated heterocycles. The summed E-state index contributed by atoms with van der Waals surface area (Å²) in [5.41, 5.74) is -0.0957. The Morgan fingerprint density at radius 1 is 1.22 bits per heavy atom. The summed E-state index contributed by atoms with van der Waals surface area (Å²) in [5.74, 6) is -0.0769. The molecule has 18 heavy (non-hydrogen) atoms. The molecule has 3 heteroatoms. The van der Waals surface area contributed by atoms with Crippen molar-refractivity contribution in [3.8, 4) is 0 Å². The highest BCUT2D eigenvalue weighted by Crippen LogP contribution is 2.21. The highest BCUT2D eigenvalue weighted by Gasteiger charge is 2.20. The van der Waals surface area contributed by atoms with Gasteiger partial charge in [-0.25, -0.2) is 0 Å². The Balaban J connectivity index is 2.51. The van der Waals surface area contributed by atoms with E-state index in [1.54, 1.807) is 0 Å². The summed E-state index contributed by atoms with van der Waals surface area (Å²) in [4.78, 5) is 11.7. The highest BCUT2D eigenvalue weighted by molar-refractivity contribution is 5.71. The summed E-state index contributed by atoms with van der Waals surface area (Å²) in [6, 6.07) is 0. The smallest absolute Gasteiger partial charge is 0.308 e. The Bertz CT molecular complexity index is 281. The van der Waals surface area contributed by atoms with E-state index >= 15 is 0 Å². The van der Waals surface area contributed by atoms with E-state index in [4.69, 9.17) is 9.47 Å². The van der Waals surface area contributed by atoms with Crippen LogP contribution in [0.3, 0.4) is 0 Å². The van der Waals surface area contributed by atoms with Crippen LogP contribution in [-0.2, 0) is 14.3 Å². The maximum absolute atomic E-state index is 11.7. The molecule has 1 aliphatic heterocycles. The van der Waals surface area contributed by atoms with Gasteiger partial charge in [-0.15, -0.1) is 0 Å². The van der Waals surface area contributed by atoms with E-state index in [1.165, 1.54) is 0 Å². The molecule has 1 heterocycles. The fraction of sp³-hybridized carbons (Fsp3) is 0.800. The van der Waals surface area contributed by atoms with E-state index in [0.717, 1.165) is 38.7 Å². The predicted octanol–water partition coefficient (Wildman–Crippen LogP) is 3.48. The Morgan fingerprint density at radius 2 is 1.89 bits per heavy atom. The van der Waals surface area contributed by atoms with Crippen LogP contribution in [0.5, 0.6) is 0 Å². The van der Waals surface area contributed by atoms with Crippen LogP contribution < -0.4 is 0 Å². The summed E-state index contributed by atoms with van der Waals surface area (Å²) in [7, 11) is 0. The average Bonchev–Trinajstić information content (AvgIpc) is 2.30. The topological polar surface area (TPSA) is 35.5 Å². The number of ether oxygens (including phenoxy) is 2. The molecule has 0 bridgehead atoms. The zero-order valence-corrected chi connectivity index (χ0v) is 11.9. The zero-order chi connectivity index (χ0) is 13.4. The number of carbonyl (C=O) groups excluding carboxylic acids is 1. The van der Waals surface area contributed by atoms with Gasteiger partial charge >= 0.3 is 5.97 Å². The van der Waals surface area contributed by atoms with Crippen molar-refractivity contribution in [3.05, 3.63) is 12.2 Å². The maximum Gasteiger partial charge on any atom is 0.308 e. The van der Waals surface area contributed by atoms with Gasteiger partial charge < -0.3 is 9.47 Å². The Morgan fingerprint density at radius 3 is 2.61 bits per heavy atom. The molecule has 3 nitrogen and oxygen atoms in total. The average molecular weight is 254 g/mol. The van der Waals surface area contributed by atoms with Crippen LogP contribution in [0, 0.1) is 5.92 Å². The second-order valence-electron chi connectivity index (χ2n) is 5.62. The number of rotatable bonds is 0. The lowest BCUT2D eigenvalue weighted by Gasteiger charge is -2.25. The van der Waals surface area contributed by atoms with E-state index < -0.39 is 0 Å². The lowest BCUT2D eigenvalue weighted by Crippen LogP contribution is -2.25. The van der Waals surface area contributed by atoms with E-state index in [2.05, 4.69) is 26.0 Å². The number of esters is 1. The third kappa shape index (κ3) is 6.20. The molecule has 0 aromatic heterocycles. The van der Waals surface area contributed by atoms with Crippen molar-refractivity contribution in [2.75, 3.05) is 13.2 Å². The maximum atomic E-state index is 11.7. The van der Waals surface area contributed by atoms with Crippen LogP contribution in [0.25, 0.3) is 0 Å². The minimum atomic E-state index is -0.0957. The fourth-order valence-corrected chi connectivity index (χ4v) is 2.03. The number of carbonyl (C=O) groups is 1.